The zero-order chi connectivity index (χ0) is 26.6. The van der Waals surface area contributed by atoms with E-state index in [0.717, 1.165) is 32.4 Å². The summed E-state index contributed by atoms with van der Waals surface area (Å²) in [5, 5.41) is 1.43. The van der Waals surface area contributed by atoms with Gasteiger partial charge in [-0.05, 0) is 0 Å². The molecule has 0 amide bonds. The molecule has 202 valence electrons. The van der Waals surface area contributed by atoms with Crippen LogP contribution in [0.1, 0.15) is 42.6 Å². The zero-order valence-electron chi connectivity index (χ0n) is 23.1. The maximum atomic E-state index is 6.71. The summed E-state index contributed by atoms with van der Waals surface area (Å²) in [6, 6.07) is 32.0. The molecule has 4 aromatic rings. The van der Waals surface area contributed by atoms with Gasteiger partial charge in [0.2, 0.25) is 0 Å². The van der Waals surface area contributed by atoms with Gasteiger partial charge in [0.05, 0.1) is 0 Å². The number of nitrogens with zero attached hydrogens (tertiary/aromatic N) is 2. The van der Waals surface area contributed by atoms with Crippen molar-refractivity contribution in [1.82, 2.24) is 9.47 Å². The molecule has 39 heavy (non-hydrogen) atoms. The summed E-state index contributed by atoms with van der Waals surface area (Å²) < 4.78 is 16.8. The summed E-state index contributed by atoms with van der Waals surface area (Å²) in [5.41, 5.74) is 5.85. The Labute approximate surface area is 238 Å². The molecule has 4 heterocycles. The predicted octanol–water partition coefficient (Wildman–Crippen LogP) is 5.88. The van der Waals surface area contributed by atoms with Crippen molar-refractivity contribution in [3.63, 3.8) is 0 Å². The first kappa shape index (κ1) is 25.6. The number of aromatic nitrogens is 1. The van der Waals surface area contributed by atoms with E-state index in [1.54, 1.807) is 5.56 Å². The number of benzene rings is 3. The molecule has 0 spiro atoms. The van der Waals surface area contributed by atoms with E-state index in [1.807, 2.05) is 7.11 Å². The second-order valence-corrected chi connectivity index (χ2v) is 14.5. The van der Waals surface area contributed by atoms with Crippen molar-refractivity contribution in [2.24, 2.45) is 18.9 Å². The molecular weight excluding hydrogens is 547 g/mol. The number of fused-ring (bicyclic) bond motifs is 8. The Kier molecular flexibility index (Phi) is 6.69. The first-order chi connectivity index (χ1) is 19.1. The van der Waals surface area contributed by atoms with Gasteiger partial charge < -0.3 is 0 Å². The van der Waals surface area contributed by atoms with Crippen LogP contribution in [0.4, 0.5) is 0 Å². The number of para-hydroxylation sites is 1. The Morgan fingerprint density at radius 2 is 1.69 bits per heavy atom. The van der Waals surface area contributed by atoms with E-state index in [-0.39, 0.29) is 25.6 Å². The first-order valence-electron chi connectivity index (χ1n) is 14.4. The fourth-order valence-corrected chi connectivity index (χ4v) is 11.4. The van der Waals surface area contributed by atoms with Gasteiger partial charge in [-0.1, -0.05) is 0 Å². The molecule has 2 fully saturated rings. The van der Waals surface area contributed by atoms with Gasteiger partial charge in [-0.3, -0.25) is 0 Å². The van der Waals surface area contributed by atoms with E-state index in [2.05, 4.69) is 108 Å². The molecule has 3 aromatic carbocycles. The van der Waals surface area contributed by atoms with Crippen LogP contribution in [0, 0.1) is 11.8 Å². The summed E-state index contributed by atoms with van der Waals surface area (Å²) in [4.78, 5) is 2.84. The van der Waals surface area contributed by atoms with Gasteiger partial charge in [-0.2, -0.15) is 0 Å². The fourth-order valence-electron chi connectivity index (χ4n) is 8.10. The van der Waals surface area contributed by atoms with E-state index in [4.69, 9.17) is 9.47 Å². The van der Waals surface area contributed by atoms with Crippen molar-refractivity contribution >= 4 is 30.3 Å². The molecule has 5 heteroatoms. The Morgan fingerprint density at radius 1 is 0.974 bits per heavy atom. The molecule has 0 unspecified atom stereocenters. The zero-order valence-corrected chi connectivity index (χ0v) is 24.8. The van der Waals surface area contributed by atoms with Gasteiger partial charge in [-0.25, -0.2) is 0 Å². The van der Waals surface area contributed by atoms with Gasteiger partial charge in [0.1, 0.15) is 0 Å². The first-order valence-corrected chi connectivity index (χ1v) is 16.1. The number of methoxy groups -OCH3 is 1. The third-order valence-electron chi connectivity index (χ3n) is 9.80. The fraction of sp³-hybridized carbons (Fsp3) is 0.412. The Bertz CT molecular complexity index is 1450. The van der Waals surface area contributed by atoms with Crippen LogP contribution in [-0.4, -0.2) is 50.5 Å². The molecule has 4 nitrogen and oxygen atoms in total. The Hall–Kier alpha value is -2.40. The molecular formula is C34H38N2O2Se. The average molecular weight is 586 g/mol. The van der Waals surface area contributed by atoms with E-state index < -0.39 is 0 Å². The molecule has 0 radical (unpaired) electrons. The third-order valence-corrected chi connectivity index (χ3v) is 13.3. The van der Waals surface area contributed by atoms with Crippen molar-refractivity contribution < 1.29 is 9.47 Å². The number of hydrogen-bond acceptors (Lipinski definition) is 3. The van der Waals surface area contributed by atoms with Gasteiger partial charge in [0.25, 0.3) is 0 Å². The summed E-state index contributed by atoms with van der Waals surface area (Å²) in [7, 11) is 4.14. The Morgan fingerprint density at radius 3 is 2.44 bits per heavy atom. The topological polar surface area (TPSA) is 26.6 Å². The minimum absolute atomic E-state index is 0.00342. The normalized spacial score (nSPS) is 30.2. The quantitative estimate of drug-likeness (QED) is 0.265. The summed E-state index contributed by atoms with van der Waals surface area (Å²) in [6.07, 6.45) is 3.15. The van der Waals surface area contributed by atoms with E-state index >= 15 is 0 Å². The van der Waals surface area contributed by atoms with Crippen molar-refractivity contribution in [2.45, 2.75) is 55.4 Å². The SMILES string of the molecule is CC[C@@]1([Se]c2ccccc2)[C@@H](OC)OC[C@@H]2[C@H]1C[C@H]1c3c(c4ccccc4n3C)C[C@@H]2N1Cc1ccccc1. The summed E-state index contributed by atoms with van der Waals surface area (Å²) in [5.74, 6) is 1.03. The van der Waals surface area contributed by atoms with Gasteiger partial charge in [0, 0.05) is 0 Å². The molecule has 0 aliphatic carbocycles. The van der Waals surface area contributed by atoms with Crippen LogP contribution in [-0.2, 0) is 29.5 Å². The van der Waals surface area contributed by atoms with Crippen molar-refractivity contribution in [3.05, 3.63) is 102 Å². The van der Waals surface area contributed by atoms with Gasteiger partial charge >= 0.3 is 239 Å². The number of rotatable bonds is 6. The van der Waals surface area contributed by atoms with Crippen LogP contribution < -0.4 is 4.46 Å². The second-order valence-electron chi connectivity index (χ2n) is 11.5. The molecule has 0 saturated carbocycles. The average Bonchev–Trinajstić information content (AvgIpc) is 3.26. The van der Waals surface area contributed by atoms with Crippen molar-refractivity contribution in [3.8, 4) is 0 Å². The van der Waals surface area contributed by atoms with Crippen LogP contribution in [0.3, 0.4) is 0 Å². The number of hydrogen-bond donors (Lipinski definition) is 0. The maximum absolute atomic E-state index is 6.71. The third kappa shape index (κ3) is 4.05. The number of piperidine rings is 1. The van der Waals surface area contributed by atoms with Crippen LogP contribution in [0.2, 0.25) is 4.31 Å². The molecule has 0 N–H and O–H groups in total. The molecule has 2 saturated heterocycles. The van der Waals surface area contributed by atoms with Crippen LogP contribution >= 0.6 is 0 Å². The van der Waals surface area contributed by atoms with Gasteiger partial charge in [-0.15, -0.1) is 0 Å². The monoisotopic (exact) mass is 586 g/mol. The summed E-state index contributed by atoms with van der Waals surface area (Å²) >= 11 is 0.241. The van der Waals surface area contributed by atoms with E-state index in [9.17, 15) is 0 Å². The summed E-state index contributed by atoms with van der Waals surface area (Å²) in [6.45, 7) is 4.13. The van der Waals surface area contributed by atoms with Crippen LogP contribution in [0.25, 0.3) is 10.9 Å². The van der Waals surface area contributed by atoms with Crippen LogP contribution in [0.5, 0.6) is 0 Å². The Balaban J connectivity index is 1.37. The van der Waals surface area contributed by atoms with Crippen molar-refractivity contribution in [1.29, 1.82) is 0 Å². The van der Waals surface area contributed by atoms with Crippen LogP contribution in [0.15, 0.2) is 84.9 Å². The van der Waals surface area contributed by atoms with Gasteiger partial charge in [0.15, 0.2) is 0 Å². The molecule has 3 aliphatic heterocycles. The van der Waals surface area contributed by atoms with Crippen molar-refractivity contribution in [2.75, 3.05) is 13.7 Å². The molecule has 2 bridgehead atoms. The standard InChI is InChI=1S/C34H38N2O2Se/c1-4-34(39-24-15-9-6-10-16-24)28-20-31-32-26(25-17-11-12-18-29(25)35(32)2)19-30(27(28)22-38-33(34)37-3)36(31)21-23-13-7-5-8-14-23/h5-18,27-28,30-31,33H,4,19-22H2,1-3H3/t27-,28-,30+,31+,33+,34+/m1/s1. The number of ether oxygens (including phenoxy) is 2. The number of aryl methyl sites for hydroxylation is 1. The molecule has 7 rings (SSSR count). The minimum atomic E-state index is -0.155. The van der Waals surface area contributed by atoms with E-state index in [1.165, 1.54) is 26.6 Å². The molecule has 6 atom stereocenters. The predicted molar refractivity (Wildman–Crippen MR) is 158 cm³/mol. The van der Waals surface area contributed by atoms with E-state index in [0.29, 0.717) is 23.9 Å². The second kappa shape index (κ2) is 10.2. The molecule has 1 aromatic heterocycles. The molecule has 3 aliphatic rings.